The van der Waals surface area contributed by atoms with Crippen LogP contribution in [0.15, 0.2) is 18.2 Å². The van der Waals surface area contributed by atoms with Gasteiger partial charge < -0.3 is 9.88 Å². The molecule has 1 N–H and O–H groups in total. The van der Waals surface area contributed by atoms with Crippen molar-refractivity contribution in [3.05, 3.63) is 35.0 Å². The monoisotopic (exact) mass is 226 g/mol. The molecule has 1 saturated heterocycles. The van der Waals surface area contributed by atoms with E-state index in [0.717, 1.165) is 12.5 Å². The summed E-state index contributed by atoms with van der Waals surface area (Å²) < 4.78 is 2.54. The van der Waals surface area contributed by atoms with Gasteiger partial charge in [-0.3, -0.25) is 0 Å². The third-order valence-corrected chi connectivity index (χ3v) is 4.55. The summed E-state index contributed by atoms with van der Waals surface area (Å²) in [5.74, 6) is 0.729. The van der Waals surface area contributed by atoms with E-state index in [1.165, 1.54) is 42.5 Å². The highest BCUT2D eigenvalue weighted by molar-refractivity contribution is 5.90. The summed E-state index contributed by atoms with van der Waals surface area (Å²) in [5.41, 5.74) is 6.19. The van der Waals surface area contributed by atoms with Crippen LogP contribution in [-0.2, 0) is 13.0 Å². The molecule has 0 amide bonds. The lowest BCUT2D eigenvalue weighted by molar-refractivity contribution is 0.711. The van der Waals surface area contributed by atoms with Gasteiger partial charge in [0.2, 0.25) is 0 Å². The smallest absolute Gasteiger partial charge is 0.0518 e. The van der Waals surface area contributed by atoms with E-state index in [-0.39, 0.29) is 0 Å². The van der Waals surface area contributed by atoms with Crippen molar-refractivity contribution >= 4 is 10.9 Å². The van der Waals surface area contributed by atoms with Gasteiger partial charge in [0.1, 0.15) is 0 Å². The van der Waals surface area contributed by atoms with Crippen LogP contribution < -0.4 is 5.32 Å². The first-order valence-electron chi connectivity index (χ1n) is 6.67. The molecule has 2 aromatic rings. The summed E-state index contributed by atoms with van der Waals surface area (Å²) in [4.78, 5) is 0. The molecule has 0 aliphatic carbocycles. The number of hydrogen-bond acceptors (Lipinski definition) is 1. The summed E-state index contributed by atoms with van der Waals surface area (Å²) in [5, 5.41) is 5.01. The number of aromatic nitrogens is 1. The summed E-state index contributed by atoms with van der Waals surface area (Å²) >= 11 is 0. The molecule has 88 valence electrons. The number of nitrogens with zero attached hydrogens (tertiary/aromatic N) is 1. The third kappa shape index (κ3) is 1.19. The number of hydrogen-bond donors (Lipinski definition) is 1. The first-order valence-corrected chi connectivity index (χ1v) is 6.67. The van der Waals surface area contributed by atoms with Gasteiger partial charge in [-0.1, -0.05) is 18.2 Å². The van der Waals surface area contributed by atoms with Crippen LogP contribution in [0.25, 0.3) is 10.9 Å². The van der Waals surface area contributed by atoms with Crippen molar-refractivity contribution < 1.29 is 0 Å². The van der Waals surface area contributed by atoms with E-state index in [1.54, 1.807) is 11.1 Å². The maximum Gasteiger partial charge on any atom is 0.0518 e. The summed E-state index contributed by atoms with van der Waals surface area (Å²) in [6.07, 6.45) is 2.51. The molecule has 3 heterocycles. The van der Waals surface area contributed by atoms with E-state index in [4.69, 9.17) is 0 Å². The second-order valence-corrected chi connectivity index (χ2v) is 5.40. The van der Waals surface area contributed by atoms with Crippen LogP contribution in [0.4, 0.5) is 0 Å². The van der Waals surface area contributed by atoms with E-state index in [1.807, 2.05) is 0 Å². The molecular formula is C15H18N2. The zero-order valence-electron chi connectivity index (χ0n) is 10.3. The van der Waals surface area contributed by atoms with Crippen molar-refractivity contribution in [1.82, 2.24) is 9.88 Å². The fourth-order valence-corrected chi connectivity index (χ4v) is 3.77. The molecule has 17 heavy (non-hydrogen) atoms. The summed E-state index contributed by atoms with van der Waals surface area (Å²) in [6, 6.07) is 6.85. The quantitative estimate of drug-likeness (QED) is 0.791. The Morgan fingerprint density at radius 3 is 3.12 bits per heavy atom. The largest absolute Gasteiger partial charge is 0.344 e. The number of para-hydroxylation sites is 1. The van der Waals surface area contributed by atoms with Crippen LogP contribution in [0, 0.1) is 6.92 Å². The molecule has 1 fully saturated rings. The van der Waals surface area contributed by atoms with E-state index >= 15 is 0 Å². The Balaban J connectivity index is 2.03. The normalized spacial score (nSPS) is 22.8. The first kappa shape index (κ1) is 9.72. The minimum atomic E-state index is 0.729. The fraction of sp³-hybridized carbons (Fsp3) is 0.467. The van der Waals surface area contributed by atoms with Gasteiger partial charge in [-0.25, -0.2) is 0 Å². The van der Waals surface area contributed by atoms with Crippen molar-refractivity contribution in [2.75, 3.05) is 13.1 Å². The summed E-state index contributed by atoms with van der Waals surface area (Å²) in [7, 11) is 0. The molecule has 2 aliphatic heterocycles. The fourth-order valence-electron chi connectivity index (χ4n) is 3.77. The molecule has 0 bridgehead atoms. The van der Waals surface area contributed by atoms with Crippen LogP contribution >= 0.6 is 0 Å². The van der Waals surface area contributed by atoms with Gasteiger partial charge in [0.05, 0.1) is 5.52 Å². The second kappa shape index (κ2) is 3.36. The standard InChI is InChI=1S/C15H18N2/c1-10-14(12-5-7-16-9-12)13-4-2-3-11-6-8-17(10)15(11)13/h2-4,12,16H,5-9H2,1H3. The molecule has 1 aromatic heterocycles. The van der Waals surface area contributed by atoms with Crippen molar-refractivity contribution in [1.29, 1.82) is 0 Å². The molecule has 1 atom stereocenters. The molecule has 4 rings (SSSR count). The molecular weight excluding hydrogens is 208 g/mol. The van der Waals surface area contributed by atoms with Crippen LogP contribution in [0.2, 0.25) is 0 Å². The van der Waals surface area contributed by atoms with Crippen LogP contribution in [-0.4, -0.2) is 17.7 Å². The minimum absolute atomic E-state index is 0.729. The third-order valence-electron chi connectivity index (χ3n) is 4.55. The van der Waals surface area contributed by atoms with E-state index < -0.39 is 0 Å². The van der Waals surface area contributed by atoms with Crippen molar-refractivity contribution in [3.63, 3.8) is 0 Å². The Labute approximate surface area is 102 Å². The lowest BCUT2D eigenvalue weighted by Gasteiger charge is -2.11. The molecule has 2 nitrogen and oxygen atoms in total. The predicted molar refractivity (Wildman–Crippen MR) is 70.6 cm³/mol. The second-order valence-electron chi connectivity index (χ2n) is 5.40. The molecule has 1 aromatic carbocycles. The summed E-state index contributed by atoms with van der Waals surface area (Å²) in [6.45, 7) is 5.82. The number of benzene rings is 1. The van der Waals surface area contributed by atoms with Crippen molar-refractivity contribution in [2.24, 2.45) is 0 Å². The van der Waals surface area contributed by atoms with Gasteiger partial charge in [-0.05, 0) is 43.4 Å². The molecule has 2 heteroatoms. The molecule has 0 radical (unpaired) electrons. The highest BCUT2D eigenvalue weighted by Crippen LogP contribution is 2.38. The zero-order valence-corrected chi connectivity index (χ0v) is 10.3. The van der Waals surface area contributed by atoms with E-state index in [2.05, 4.69) is 35.0 Å². The number of aryl methyl sites for hydroxylation is 2. The number of rotatable bonds is 1. The lowest BCUT2D eigenvalue weighted by atomic mass is 9.94. The Morgan fingerprint density at radius 1 is 1.35 bits per heavy atom. The molecule has 2 aliphatic rings. The van der Waals surface area contributed by atoms with Crippen LogP contribution in [0.3, 0.4) is 0 Å². The maximum atomic E-state index is 3.50. The van der Waals surface area contributed by atoms with Crippen LogP contribution in [0.5, 0.6) is 0 Å². The number of nitrogens with one attached hydrogen (secondary N) is 1. The Morgan fingerprint density at radius 2 is 2.29 bits per heavy atom. The van der Waals surface area contributed by atoms with Gasteiger partial charge in [-0.15, -0.1) is 0 Å². The Kier molecular flexibility index (Phi) is 1.92. The van der Waals surface area contributed by atoms with Gasteiger partial charge in [-0.2, -0.15) is 0 Å². The minimum Gasteiger partial charge on any atom is -0.344 e. The topological polar surface area (TPSA) is 17.0 Å². The average molecular weight is 226 g/mol. The van der Waals surface area contributed by atoms with Crippen molar-refractivity contribution in [3.8, 4) is 0 Å². The molecule has 1 unspecified atom stereocenters. The zero-order chi connectivity index (χ0) is 11.4. The van der Waals surface area contributed by atoms with Gasteiger partial charge in [0, 0.05) is 24.2 Å². The van der Waals surface area contributed by atoms with Crippen molar-refractivity contribution in [2.45, 2.75) is 32.2 Å². The maximum absolute atomic E-state index is 3.50. The van der Waals surface area contributed by atoms with E-state index in [0.29, 0.717) is 0 Å². The predicted octanol–water partition coefficient (Wildman–Crippen LogP) is 2.58. The average Bonchev–Trinajstić information content (AvgIpc) is 3.02. The van der Waals surface area contributed by atoms with Gasteiger partial charge >= 0.3 is 0 Å². The highest BCUT2D eigenvalue weighted by atomic mass is 15.0. The highest BCUT2D eigenvalue weighted by Gasteiger charge is 2.27. The first-order chi connectivity index (χ1) is 8.36. The SMILES string of the molecule is Cc1c(C2CCNC2)c2cccc3c2n1CC3. The lowest BCUT2D eigenvalue weighted by Crippen LogP contribution is -2.09. The molecule has 0 saturated carbocycles. The van der Waals surface area contributed by atoms with Gasteiger partial charge in [0.15, 0.2) is 0 Å². The Hall–Kier alpha value is -1.28. The van der Waals surface area contributed by atoms with E-state index in [9.17, 15) is 0 Å². The molecule has 0 spiro atoms. The Bertz CT molecular complexity index is 588. The van der Waals surface area contributed by atoms with Gasteiger partial charge in [0.25, 0.3) is 0 Å². The van der Waals surface area contributed by atoms with Crippen LogP contribution in [0.1, 0.15) is 29.2 Å².